The second kappa shape index (κ2) is 13.4. The molecule has 0 spiro atoms. The van der Waals surface area contributed by atoms with E-state index in [4.69, 9.17) is 9.84 Å². The fourth-order valence-electron chi connectivity index (χ4n) is 5.04. The van der Waals surface area contributed by atoms with Crippen LogP contribution in [-0.2, 0) is 16.0 Å². The van der Waals surface area contributed by atoms with Gasteiger partial charge in [0.25, 0.3) is 5.69 Å². The average Bonchev–Trinajstić information content (AvgIpc) is 3.32. The zero-order chi connectivity index (χ0) is 32.0. The van der Waals surface area contributed by atoms with Gasteiger partial charge in [0.1, 0.15) is 11.6 Å². The summed E-state index contributed by atoms with van der Waals surface area (Å²) in [5, 5.41) is 17.5. The van der Waals surface area contributed by atoms with Crippen LogP contribution in [0, 0.1) is 10.1 Å². The molecule has 1 aliphatic heterocycles. The van der Waals surface area contributed by atoms with E-state index in [0.29, 0.717) is 17.0 Å². The molecule has 4 aromatic carbocycles. The third-order valence-electron chi connectivity index (χ3n) is 7.06. The lowest BCUT2D eigenvalue weighted by Gasteiger charge is -2.30. The SMILES string of the molecule is CC(C)(C)OC(=O)[C@@H](Cc1ccccc1)N1C(=O)N(N=C(c2ccccc2)c2ccccc2)CC1=Cc1ccc([N+](=O)[O-])cc1. The first kappa shape index (κ1) is 30.9. The minimum atomic E-state index is -1.000. The van der Waals surface area contributed by atoms with Crippen LogP contribution in [0.2, 0.25) is 0 Å². The van der Waals surface area contributed by atoms with Crippen molar-refractivity contribution in [3.63, 3.8) is 0 Å². The zero-order valence-corrected chi connectivity index (χ0v) is 25.4. The molecule has 9 nitrogen and oxygen atoms in total. The summed E-state index contributed by atoms with van der Waals surface area (Å²) >= 11 is 0. The van der Waals surface area contributed by atoms with E-state index in [2.05, 4.69) is 0 Å². The summed E-state index contributed by atoms with van der Waals surface area (Å²) in [6.07, 6.45) is 1.96. The van der Waals surface area contributed by atoms with E-state index in [-0.39, 0.29) is 18.7 Å². The number of carbonyl (C=O) groups excluding carboxylic acids is 2. The molecule has 2 amide bonds. The van der Waals surface area contributed by atoms with Gasteiger partial charge in [0.15, 0.2) is 0 Å². The van der Waals surface area contributed by atoms with Gasteiger partial charge in [0.05, 0.1) is 17.2 Å². The molecule has 1 saturated heterocycles. The van der Waals surface area contributed by atoms with Gasteiger partial charge in [-0.1, -0.05) is 91.0 Å². The minimum Gasteiger partial charge on any atom is -0.458 e. The number of hydrogen-bond donors (Lipinski definition) is 0. The maximum Gasteiger partial charge on any atom is 0.345 e. The van der Waals surface area contributed by atoms with Crippen molar-refractivity contribution in [1.29, 1.82) is 0 Å². The minimum absolute atomic E-state index is 0.0474. The van der Waals surface area contributed by atoms with Crippen molar-refractivity contribution in [3.8, 4) is 0 Å². The monoisotopic (exact) mass is 602 g/mol. The molecule has 4 aromatic rings. The van der Waals surface area contributed by atoms with Crippen molar-refractivity contribution < 1.29 is 19.2 Å². The van der Waals surface area contributed by atoms with Gasteiger partial charge in [-0.25, -0.2) is 14.6 Å². The molecule has 45 heavy (non-hydrogen) atoms. The molecule has 9 heteroatoms. The van der Waals surface area contributed by atoms with Crippen LogP contribution >= 0.6 is 0 Å². The van der Waals surface area contributed by atoms with E-state index in [1.54, 1.807) is 39.0 Å². The zero-order valence-electron chi connectivity index (χ0n) is 25.4. The first-order valence-corrected chi connectivity index (χ1v) is 14.6. The first-order chi connectivity index (χ1) is 21.6. The Morgan fingerprint density at radius 3 is 1.93 bits per heavy atom. The Kier molecular flexibility index (Phi) is 9.18. The fraction of sp³-hybridized carbons (Fsp3) is 0.194. The molecule has 1 fully saturated rings. The average molecular weight is 603 g/mol. The number of nitro benzene ring substituents is 1. The number of non-ortho nitro benzene ring substituents is 1. The fourth-order valence-corrected chi connectivity index (χ4v) is 5.04. The maximum atomic E-state index is 14.4. The number of benzene rings is 4. The lowest BCUT2D eigenvalue weighted by atomic mass is 10.0. The van der Waals surface area contributed by atoms with Crippen molar-refractivity contribution >= 4 is 29.5 Å². The topological polar surface area (TPSA) is 105 Å². The molecule has 1 aliphatic rings. The Bertz CT molecular complexity index is 1670. The van der Waals surface area contributed by atoms with Crippen molar-refractivity contribution in [1.82, 2.24) is 9.91 Å². The van der Waals surface area contributed by atoms with Crippen molar-refractivity contribution in [3.05, 3.63) is 153 Å². The number of urea groups is 1. The lowest BCUT2D eigenvalue weighted by Crippen LogP contribution is -2.46. The summed E-state index contributed by atoms with van der Waals surface area (Å²) in [5.41, 5.74) is 3.40. The third kappa shape index (κ3) is 7.69. The Morgan fingerprint density at radius 2 is 1.42 bits per heavy atom. The summed E-state index contributed by atoms with van der Waals surface area (Å²) in [4.78, 5) is 40.4. The van der Waals surface area contributed by atoms with Gasteiger partial charge in [0, 0.05) is 35.4 Å². The molecule has 1 heterocycles. The summed E-state index contributed by atoms with van der Waals surface area (Å²) in [5.74, 6) is -0.550. The lowest BCUT2D eigenvalue weighted by molar-refractivity contribution is -0.384. The molecule has 0 saturated carbocycles. The Hall–Kier alpha value is -5.57. The molecule has 5 rings (SSSR count). The number of esters is 1. The van der Waals surface area contributed by atoms with Crippen molar-refractivity contribution in [2.24, 2.45) is 5.10 Å². The molecule has 0 bridgehead atoms. The van der Waals surface area contributed by atoms with Crippen LogP contribution < -0.4 is 0 Å². The summed E-state index contributed by atoms with van der Waals surface area (Å²) in [6, 6.07) is 33.1. The Labute approximate surface area is 262 Å². The van der Waals surface area contributed by atoms with Crippen LogP contribution in [0.1, 0.15) is 43.0 Å². The van der Waals surface area contributed by atoms with Crippen LogP contribution in [0.5, 0.6) is 0 Å². The Morgan fingerprint density at radius 1 is 0.889 bits per heavy atom. The van der Waals surface area contributed by atoms with Gasteiger partial charge < -0.3 is 4.74 Å². The summed E-state index contributed by atoms with van der Waals surface area (Å²) in [7, 11) is 0. The largest absolute Gasteiger partial charge is 0.458 e. The normalized spacial score (nSPS) is 14.7. The van der Waals surface area contributed by atoms with E-state index < -0.39 is 28.6 Å². The summed E-state index contributed by atoms with van der Waals surface area (Å²) in [6.45, 7) is 5.42. The number of hydrogen-bond acceptors (Lipinski definition) is 6. The first-order valence-electron chi connectivity index (χ1n) is 14.6. The number of nitro groups is 1. The highest BCUT2D eigenvalue weighted by molar-refractivity contribution is 6.13. The van der Waals surface area contributed by atoms with Crippen LogP contribution in [-0.4, -0.2) is 50.7 Å². The molecule has 0 N–H and O–H groups in total. The molecule has 0 aliphatic carbocycles. The van der Waals surface area contributed by atoms with Gasteiger partial charge in [-0.3, -0.25) is 15.0 Å². The molecule has 228 valence electrons. The number of nitrogens with zero attached hydrogens (tertiary/aromatic N) is 4. The van der Waals surface area contributed by atoms with E-state index in [1.807, 2.05) is 91.0 Å². The molecule has 1 atom stereocenters. The second-order valence-electron chi connectivity index (χ2n) is 11.6. The van der Waals surface area contributed by atoms with Crippen LogP contribution in [0.15, 0.2) is 126 Å². The van der Waals surface area contributed by atoms with Crippen molar-refractivity contribution in [2.75, 3.05) is 6.54 Å². The molecule has 0 radical (unpaired) electrons. The predicted molar refractivity (Wildman–Crippen MR) is 173 cm³/mol. The Balaban J connectivity index is 1.63. The van der Waals surface area contributed by atoms with E-state index in [0.717, 1.165) is 16.7 Å². The van der Waals surface area contributed by atoms with Crippen LogP contribution in [0.3, 0.4) is 0 Å². The van der Waals surface area contributed by atoms with Crippen LogP contribution in [0.4, 0.5) is 10.5 Å². The molecule has 0 unspecified atom stereocenters. The highest BCUT2D eigenvalue weighted by atomic mass is 16.6. The third-order valence-corrected chi connectivity index (χ3v) is 7.06. The number of ether oxygens (including phenoxy) is 1. The highest BCUT2D eigenvalue weighted by Gasteiger charge is 2.43. The highest BCUT2D eigenvalue weighted by Crippen LogP contribution is 2.30. The van der Waals surface area contributed by atoms with E-state index in [9.17, 15) is 19.7 Å². The second-order valence-corrected chi connectivity index (χ2v) is 11.6. The van der Waals surface area contributed by atoms with Gasteiger partial charge >= 0.3 is 12.0 Å². The number of rotatable bonds is 9. The molecule has 0 aromatic heterocycles. The molecular formula is C36H34N4O5. The maximum absolute atomic E-state index is 14.4. The summed E-state index contributed by atoms with van der Waals surface area (Å²) < 4.78 is 5.84. The van der Waals surface area contributed by atoms with Gasteiger partial charge in [-0.15, -0.1) is 0 Å². The predicted octanol–water partition coefficient (Wildman–Crippen LogP) is 7.08. The van der Waals surface area contributed by atoms with Gasteiger partial charge in [0.2, 0.25) is 0 Å². The van der Waals surface area contributed by atoms with E-state index in [1.165, 1.54) is 22.0 Å². The van der Waals surface area contributed by atoms with Crippen LogP contribution in [0.25, 0.3) is 6.08 Å². The van der Waals surface area contributed by atoms with E-state index >= 15 is 0 Å². The number of hydrazone groups is 1. The van der Waals surface area contributed by atoms with Gasteiger partial charge in [-0.2, -0.15) is 5.10 Å². The van der Waals surface area contributed by atoms with Crippen molar-refractivity contribution in [2.45, 2.75) is 38.8 Å². The smallest absolute Gasteiger partial charge is 0.345 e. The number of carbonyl (C=O) groups is 2. The standard InChI is InChI=1S/C36H34N4O5/c1-36(2,3)45-34(41)32(24-26-13-7-4-8-14-26)39-31(23-27-19-21-30(22-20-27)40(43)44)25-38(35(39)42)37-33(28-15-9-5-10-16-28)29-17-11-6-12-18-29/h4-23,32H,24-25H2,1-3H3/t32-/m1/s1. The quantitative estimate of drug-likeness (QED) is 0.0881. The van der Waals surface area contributed by atoms with Gasteiger partial charge in [-0.05, 0) is 50.1 Å². The number of amides is 2. The molecular weight excluding hydrogens is 568 g/mol.